The summed E-state index contributed by atoms with van der Waals surface area (Å²) in [5.41, 5.74) is 0. The molecule has 1 aliphatic rings. The third kappa shape index (κ3) is 7.59. The number of carbonyl (C=O) groups excluding carboxylic acids is 1. The van der Waals surface area contributed by atoms with Gasteiger partial charge in [0, 0.05) is 12.2 Å². The predicted molar refractivity (Wildman–Crippen MR) is 63.9 cm³/mol. The monoisotopic (exact) mass is 258 g/mol. The van der Waals surface area contributed by atoms with E-state index in [1.165, 1.54) is 0 Å². The third-order valence-corrected chi connectivity index (χ3v) is 1.82. The van der Waals surface area contributed by atoms with Crippen LogP contribution in [-0.4, -0.2) is 42.1 Å². The van der Waals surface area contributed by atoms with Crippen molar-refractivity contribution in [3.63, 3.8) is 0 Å². The molecule has 0 aromatic heterocycles. The second-order valence-corrected chi connectivity index (χ2v) is 3.83. The maximum atomic E-state index is 10.7. The molecule has 6 heteroatoms. The van der Waals surface area contributed by atoms with Gasteiger partial charge in [-0.05, 0) is 13.8 Å². The highest BCUT2D eigenvalue weighted by Crippen LogP contribution is 2.22. The highest BCUT2D eigenvalue weighted by atomic mass is 16.7. The van der Waals surface area contributed by atoms with E-state index in [0.29, 0.717) is 6.61 Å². The third-order valence-electron chi connectivity index (χ3n) is 1.82. The van der Waals surface area contributed by atoms with E-state index < -0.39 is 17.7 Å². The molecule has 1 heterocycles. The second kappa shape index (κ2) is 7.62. The van der Waals surface area contributed by atoms with Crippen LogP contribution in [0.2, 0.25) is 0 Å². The molecule has 6 nitrogen and oxygen atoms in total. The summed E-state index contributed by atoms with van der Waals surface area (Å²) in [4.78, 5) is 19.9. The smallest absolute Gasteiger partial charge is 0.330 e. The molecule has 102 valence electrons. The number of esters is 1. The lowest BCUT2D eigenvalue weighted by molar-refractivity contribution is -0.154. The van der Waals surface area contributed by atoms with Crippen LogP contribution in [-0.2, 0) is 23.8 Å². The lowest BCUT2D eigenvalue weighted by atomic mass is 10.4. The number of carbonyl (C=O) groups is 2. The van der Waals surface area contributed by atoms with Gasteiger partial charge in [-0.25, -0.2) is 9.59 Å². The molecular weight excluding hydrogens is 240 g/mol. The Balaban J connectivity index is 0.000000494. The van der Waals surface area contributed by atoms with Crippen molar-refractivity contribution in [3.05, 3.63) is 25.3 Å². The van der Waals surface area contributed by atoms with Crippen LogP contribution >= 0.6 is 0 Å². The largest absolute Gasteiger partial charge is 0.478 e. The van der Waals surface area contributed by atoms with Crippen molar-refractivity contribution in [3.8, 4) is 0 Å². The molecule has 0 aromatic rings. The molecule has 0 aromatic carbocycles. The van der Waals surface area contributed by atoms with E-state index in [2.05, 4.69) is 13.2 Å². The van der Waals surface area contributed by atoms with Gasteiger partial charge in [-0.15, -0.1) is 0 Å². The lowest BCUT2D eigenvalue weighted by Crippen LogP contribution is -2.24. The summed E-state index contributed by atoms with van der Waals surface area (Å²) in [6, 6.07) is 0. The van der Waals surface area contributed by atoms with Crippen LogP contribution in [0, 0.1) is 0 Å². The van der Waals surface area contributed by atoms with Gasteiger partial charge < -0.3 is 19.3 Å². The van der Waals surface area contributed by atoms with Gasteiger partial charge in [0.15, 0.2) is 5.79 Å². The number of aliphatic carboxylic acids is 1. The van der Waals surface area contributed by atoms with Crippen LogP contribution < -0.4 is 0 Å². The number of carboxylic acids is 1. The van der Waals surface area contributed by atoms with E-state index in [9.17, 15) is 9.59 Å². The molecule has 1 unspecified atom stereocenters. The first kappa shape index (κ1) is 16.3. The minimum Gasteiger partial charge on any atom is -0.478 e. The summed E-state index contributed by atoms with van der Waals surface area (Å²) in [6.45, 7) is 10.6. The Morgan fingerprint density at radius 2 is 2.00 bits per heavy atom. The summed E-state index contributed by atoms with van der Waals surface area (Å²) in [5, 5.41) is 7.60. The SMILES string of the molecule is C=CC(=O)O.C=CC(=O)OCC1COC(C)(C)O1. The Labute approximate surface area is 106 Å². The summed E-state index contributed by atoms with van der Waals surface area (Å²) < 4.78 is 15.5. The molecule has 0 aliphatic carbocycles. The number of ether oxygens (including phenoxy) is 3. The summed E-state index contributed by atoms with van der Waals surface area (Å²) in [7, 11) is 0. The van der Waals surface area contributed by atoms with Crippen molar-refractivity contribution >= 4 is 11.9 Å². The Kier molecular flexibility index (Phi) is 6.92. The van der Waals surface area contributed by atoms with Crippen molar-refractivity contribution < 1.29 is 28.9 Å². The molecule has 1 fully saturated rings. The fourth-order valence-electron chi connectivity index (χ4n) is 1.08. The van der Waals surface area contributed by atoms with Crippen molar-refractivity contribution in [2.45, 2.75) is 25.7 Å². The maximum Gasteiger partial charge on any atom is 0.330 e. The van der Waals surface area contributed by atoms with Gasteiger partial charge >= 0.3 is 11.9 Å². The first-order chi connectivity index (χ1) is 8.30. The van der Waals surface area contributed by atoms with Crippen molar-refractivity contribution in [2.75, 3.05) is 13.2 Å². The van der Waals surface area contributed by atoms with E-state index in [1.807, 2.05) is 13.8 Å². The topological polar surface area (TPSA) is 82.1 Å². The quantitative estimate of drug-likeness (QED) is 0.601. The van der Waals surface area contributed by atoms with Crippen LogP contribution in [0.1, 0.15) is 13.8 Å². The molecule has 0 saturated carbocycles. The van der Waals surface area contributed by atoms with Gasteiger partial charge in [-0.2, -0.15) is 0 Å². The zero-order valence-electron chi connectivity index (χ0n) is 10.5. The molecule has 18 heavy (non-hydrogen) atoms. The highest BCUT2D eigenvalue weighted by molar-refractivity contribution is 5.81. The van der Waals surface area contributed by atoms with E-state index in [1.54, 1.807) is 0 Å². The van der Waals surface area contributed by atoms with E-state index in [-0.39, 0.29) is 12.7 Å². The van der Waals surface area contributed by atoms with Crippen LogP contribution in [0.4, 0.5) is 0 Å². The second-order valence-electron chi connectivity index (χ2n) is 3.83. The molecular formula is C12H18O6. The summed E-state index contributed by atoms with van der Waals surface area (Å²) >= 11 is 0. The molecule has 1 N–H and O–H groups in total. The van der Waals surface area contributed by atoms with E-state index in [4.69, 9.17) is 19.3 Å². The van der Waals surface area contributed by atoms with Gasteiger partial charge in [-0.3, -0.25) is 0 Å². The summed E-state index contributed by atoms with van der Waals surface area (Å²) in [5.74, 6) is -1.98. The number of carboxylic acid groups (broad SMARTS) is 1. The first-order valence-corrected chi connectivity index (χ1v) is 5.27. The lowest BCUT2D eigenvalue weighted by Gasteiger charge is -2.16. The van der Waals surface area contributed by atoms with Crippen LogP contribution in [0.25, 0.3) is 0 Å². The number of hydrogen-bond donors (Lipinski definition) is 1. The average Bonchev–Trinajstić information content (AvgIpc) is 2.66. The molecule has 1 saturated heterocycles. The minimum atomic E-state index is -0.981. The van der Waals surface area contributed by atoms with Gasteiger partial charge in [-0.1, -0.05) is 13.2 Å². The number of rotatable bonds is 4. The van der Waals surface area contributed by atoms with Gasteiger partial charge in [0.1, 0.15) is 12.7 Å². The molecule has 0 spiro atoms. The Hall–Kier alpha value is -1.66. The molecule has 0 radical (unpaired) electrons. The molecule has 0 bridgehead atoms. The van der Waals surface area contributed by atoms with E-state index in [0.717, 1.165) is 12.2 Å². The zero-order chi connectivity index (χ0) is 14.2. The standard InChI is InChI=1S/C9H14O4.C3H4O2/c1-4-8(10)11-5-7-6-12-9(2,3)13-7;1-2-3(4)5/h4,7H,1,5-6H2,2-3H3;2H,1H2,(H,4,5). The molecule has 1 aliphatic heterocycles. The van der Waals surface area contributed by atoms with Crippen LogP contribution in [0.15, 0.2) is 25.3 Å². The number of hydrogen-bond acceptors (Lipinski definition) is 5. The van der Waals surface area contributed by atoms with Crippen molar-refractivity contribution in [1.82, 2.24) is 0 Å². The highest BCUT2D eigenvalue weighted by Gasteiger charge is 2.33. The zero-order valence-corrected chi connectivity index (χ0v) is 10.5. The minimum absolute atomic E-state index is 0.168. The van der Waals surface area contributed by atoms with Gasteiger partial charge in [0.25, 0.3) is 0 Å². The predicted octanol–water partition coefficient (Wildman–Crippen LogP) is 1.12. The first-order valence-electron chi connectivity index (χ1n) is 5.27. The molecule has 1 atom stereocenters. The molecule has 0 amide bonds. The Morgan fingerprint density at radius 1 is 1.44 bits per heavy atom. The fourth-order valence-corrected chi connectivity index (χ4v) is 1.08. The van der Waals surface area contributed by atoms with Crippen LogP contribution in [0.3, 0.4) is 0 Å². The average molecular weight is 258 g/mol. The maximum absolute atomic E-state index is 10.7. The fraction of sp³-hybridized carbons (Fsp3) is 0.500. The van der Waals surface area contributed by atoms with Gasteiger partial charge in [0.05, 0.1) is 6.61 Å². The molecule has 1 rings (SSSR count). The van der Waals surface area contributed by atoms with Crippen molar-refractivity contribution in [2.24, 2.45) is 0 Å². The van der Waals surface area contributed by atoms with Crippen molar-refractivity contribution in [1.29, 1.82) is 0 Å². The Morgan fingerprint density at radius 3 is 2.33 bits per heavy atom. The van der Waals surface area contributed by atoms with Gasteiger partial charge in [0.2, 0.25) is 0 Å². The normalized spacial score (nSPS) is 20.2. The summed E-state index contributed by atoms with van der Waals surface area (Å²) in [6.07, 6.45) is 1.79. The van der Waals surface area contributed by atoms with E-state index >= 15 is 0 Å². The Bertz CT molecular complexity index is 321. The van der Waals surface area contributed by atoms with Crippen LogP contribution in [0.5, 0.6) is 0 Å².